The van der Waals surface area contributed by atoms with Gasteiger partial charge in [0.1, 0.15) is 12.1 Å². The smallest absolute Gasteiger partial charge is 0.326 e. The summed E-state index contributed by atoms with van der Waals surface area (Å²) in [6.07, 6.45) is -0.941. The zero-order chi connectivity index (χ0) is 25.6. The van der Waals surface area contributed by atoms with Gasteiger partial charge in [-0.15, -0.1) is 0 Å². The van der Waals surface area contributed by atoms with E-state index in [1.807, 2.05) is 0 Å². The lowest BCUT2D eigenvalue weighted by molar-refractivity contribution is -0.143. The Hall–Kier alpha value is -3.95. The van der Waals surface area contributed by atoms with Crippen LogP contribution in [0.5, 0.6) is 0 Å². The molecule has 16 heteroatoms. The number of primary amides is 1. The highest BCUT2D eigenvalue weighted by atomic mass is 16.4. The van der Waals surface area contributed by atoms with Crippen LogP contribution in [0.25, 0.3) is 0 Å². The molecular formula is C17H30N8O8. The van der Waals surface area contributed by atoms with E-state index in [0.717, 1.165) is 0 Å². The molecule has 0 saturated carbocycles. The monoisotopic (exact) mass is 474 g/mol. The molecule has 0 bridgehead atoms. The maximum absolute atomic E-state index is 12.5. The van der Waals surface area contributed by atoms with E-state index in [2.05, 4.69) is 20.9 Å². The van der Waals surface area contributed by atoms with Crippen LogP contribution in [0.2, 0.25) is 0 Å². The van der Waals surface area contributed by atoms with Gasteiger partial charge in [0.2, 0.25) is 23.6 Å². The van der Waals surface area contributed by atoms with Crippen molar-refractivity contribution in [3.63, 3.8) is 0 Å². The fraction of sp³-hybridized carbons (Fsp3) is 0.588. The van der Waals surface area contributed by atoms with Crippen molar-refractivity contribution >= 4 is 41.5 Å². The van der Waals surface area contributed by atoms with Gasteiger partial charge in [-0.3, -0.25) is 29.0 Å². The van der Waals surface area contributed by atoms with Gasteiger partial charge < -0.3 is 49.1 Å². The summed E-state index contributed by atoms with van der Waals surface area (Å²) in [7, 11) is 0. The Balaban J connectivity index is 5.04. The van der Waals surface area contributed by atoms with Gasteiger partial charge >= 0.3 is 11.9 Å². The summed E-state index contributed by atoms with van der Waals surface area (Å²) in [6.45, 7) is -0.471. The minimum atomic E-state index is -1.61. The normalized spacial score (nSPS) is 13.0. The van der Waals surface area contributed by atoms with Crippen molar-refractivity contribution in [3.8, 4) is 0 Å². The van der Waals surface area contributed by atoms with Crippen LogP contribution in [-0.2, 0) is 28.8 Å². The molecule has 0 aromatic heterocycles. The van der Waals surface area contributed by atoms with E-state index in [1.54, 1.807) is 0 Å². The number of guanidine groups is 1. The third-order valence-corrected chi connectivity index (χ3v) is 4.05. The standard InChI is InChI=1S/C17H30N8O8/c18-8(3-4-13(28)29)14(30)23-7-12(27)24-9(2-1-5-22-17(20)21)15(31)25-10(16(32)33)6-11(19)26/h8-10H,1-7,18H2,(H2,19,26)(H,23,30)(H,24,27)(H,25,31)(H,28,29)(H,32,33)(H4,20,21,22). The van der Waals surface area contributed by atoms with Crippen LogP contribution in [0.4, 0.5) is 0 Å². The number of carbonyl (C=O) groups is 6. The number of nitrogens with zero attached hydrogens (tertiary/aromatic N) is 1. The molecule has 0 saturated heterocycles. The lowest BCUT2D eigenvalue weighted by atomic mass is 10.1. The van der Waals surface area contributed by atoms with E-state index in [0.29, 0.717) is 0 Å². The van der Waals surface area contributed by atoms with Gasteiger partial charge in [-0.1, -0.05) is 0 Å². The van der Waals surface area contributed by atoms with Crippen molar-refractivity contribution < 1.29 is 39.0 Å². The average Bonchev–Trinajstić information content (AvgIpc) is 2.70. The number of hydrogen-bond donors (Lipinski definition) is 9. The number of carbonyl (C=O) groups excluding carboxylic acids is 4. The van der Waals surface area contributed by atoms with Crippen molar-refractivity contribution in [2.24, 2.45) is 27.9 Å². The van der Waals surface area contributed by atoms with E-state index in [1.165, 1.54) is 0 Å². The SMILES string of the molecule is NC(=O)CC(NC(=O)C(CCCN=C(N)N)NC(=O)CNC(=O)C(N)CCC(=O)O)C(=O)O. The first kappa shape index (κ1) is 29.0. The summed E-state index contributed by atoms with van der Waals surface area (Å²) >= 11 is 0. The molecule has 0 aliphatic carbocycles. The van der Waals surface area contributed by atoms with Crippen LogP contribution in [0.3, 0.4) is 0 Å². The van der Waals surface area contributed by atoms with Crippen LogP contribution in [0, 0.1) is 0 Å². The highest BCUT2D eigenvalue weighted by molar-refractivity contribution is 5.93. The summed E-state index contributed by atoms with van der Waals surface area (Å²) in [6, 6.07) is -4.02. The number of amides is 4. The number of rotatable bonds is 16. The molecule has 0 aromatic rings. The lowest BCUT2D eigenvalue weighted by Crippen LogP contribution is -2.54. The molecule has 0 spiro atoms. The van der Waals surface area contributed by atoms with Crippen molar-refractivity contribution in [2.45, 2.75) is 50.2 Å². The first-order valence-corrected chi connectivity index (χ1v) is 9.74. The van der Waals surface area contributed by atoms with E-state index < -0.39 is 66.7 Å². The van der Waals surface area contributed by atoms with E-state index in [4.69, 9.17) is 33.1 Å². The molecule has 0 aliphatic heterocycles. The van der Waals surface area contributed by atoms with E-state index in [-0.39, 0.29) is 38.2 Å². The Kier molecular flexibility index (Phi) is 13.2. The molecule has 16 nitrogen and oxygen atoms in total. The number of carboxylic acid groups (broad SMARTS) is 2. The van der Waals surface area contributed by atoms with Gasteiger partial charge in [-0.2, -0.15) is 0 Å². The Morgan fingerprint density at radius 2 is 1.52 bits per heavy atom. The van der Waals surface area contributed by atoms with E-state index >= 15 is 0 Å². The minimum absolute atomic E-state index is 0.0106. The number of aliphatic imine (C=N–C) groups is 1. The van der Waals surface area contributed by atoms with Crippen molar-refractivity contribution in [2.75, 3.05) is 13.1 Å². The number of nitrogens with one attached hydrogen (secondary N) is 3. The molecular weight excluding hydrogens is 444 g/mol. The molecule has 33 heavy (non-hydrogen) atoms. The van der Waals surface area contributed by atoms with Gasteiger partial charge in [-0.05, 0) is 19.3 Å². The maximum atomic E-state index is 12.5. The van der Waals surface area contributed by atoms with Crippen LogP contribution in [0.1, 0.15) is 32.1 Å². The Morgan fingerprint density at radius 3 is 2.03 bits per heavy atom. The number of hydrogen-bond acceptors (Lipinski definition) is 8. The predicted octanol–water partition coefficient (Wildman–Crippen LogP) is -4.72. The molecule has 0 heterocycles. The largest absolute Gasteiger partial charge is 0.481 e. The van der Waals surface area contributed by atoms with Gasteiger partial charge in [0.15, 0.2) is 5.96 Å². The first-order valence-electron chi connectivity index (χ1n) is 9.74. The van der Waals surface area contributed by atoms with Crippen LogP contribution >= 0.6 is 0 Å². The van der Waals surface area contributed by atoms with Gasteiger partial charge in [-0.25, -0.2) is 4.79 Å². The highest BCUT2D eigenvalue weighted by Crippen LogP contribution is 2.02. The molecule has 3 atom stereocenters. The molecule has 4 amide bonds. The average molecular weight is 474 g/mol. The number of aliphatic carboxylic acids is 2. The maximum Gasteiger partial charge on any atom is 0.326 e. The molecule has 186 valence electrons. The quantitative estimate of drug-likeness (QED) is 0.0581. The highest BCUT2D eigenvalue weighted by Gasteiger charge is 2.27. The van der Waals surface area contributed by atoms with Gasteiger partial charge in [0, 0.05) is 13.0 Å². The Bertz CT molecular complexity index is 768. The van der Waals surface area contributed by atoms with Crippen LogP contribution in [0.15, 0.2) is 4.99 Å². The fourth-order valence-corrected chi connectivity index (χ4v) is 2.40. The van der Waals surface area contributed by atoms with Crippen molar-refractivity contribution in [1.29, 1.82) is 0 Å². The minimum Gasteiger partial charge on any atom is -0.481 e. The molecule has 0 radical (unpaired) electrons. The number of nitrogens with two attached hydrogens (primary N) is 4. The van der Waals surface area contributed by atoms with Crippen molar-refractivity contribution in [1.82, 2.24) is 16.0 Å². The van der Waals surface area contributed by atoms with Gasteiger partial charge in [0.05, 0.1) is 19.0 Å². The van der Waals surface area contributed by atoms with Gasteiger partial charge in [0.25, 0.3) is 0 Å². The Morgan fingerprint density at radius 1 is 0.879 bits per heavy atom. The second kappa shape index (κ2) is 15.0. The molecule has 0 fully saturated rings. The van der Waals surface area contributed by atoms with Crippen LogP contribution in [-0.4, -0.2) is 83.0 Å². The second-order valence-electron chi connectivity index (χ2n) is 6.90. The topological polar surface area (TPSA) is 295 Å². The molecule has 13 N–H and O–H groups in total. The van der Waals surface area contributed by atoms with E-state index in [9.17, 15) is 28.8 Å². The summed E-state index contributed by atoms with van der Waals surface area (Å²) in [4.78, 5) is 73.1. The predicted molar refractivity (Wildman–Crippen MR) is 113 cm³/mol. The molecule has 3 unspecified atom stereocenters. The molecule has 0 aromatic carbocycles. The molecule has 0 aliphatic rings. The second-order valence-corrected chi connectivity index (χ2v) is 6.90. The zero-order valence-electron chi connectivity index (χ0n) is 17.8. The third kappa shape index (κ3) is 13.9. The summed E-state index contributed by atoms with van der Waals surface area (Å²) in [5, 5.41) is 24.4. The summed E-state index contributed by atoms with van der Waals surface area (Å²) in [5.41, 5.74) is 20.9. The van der Waals surface area contributed by atoms with Crippen molar-refractivity contribution in [3.05, 3.63) is 0 Å². The first-order chi connectivity index (χ1) is 15.3. The zero-order valence-corrected chi connectivity index (χ0v) is 17.8. The number of carboxylic acids is 2. The molecule has 0 rings (SSSR count). The summed E-state index contributed by atoms with van der Waals surface area (Å²) in [5.74, 6) is -6.28. The Labute approximate surface area is 188 Å². The fourth-order valence-electron chi connectivity index (χ4n) is 2.40. The summed E-state index contributed by atoms with van der Waals surface area (Å²) < 4.78 is 0. The van der Waals surface area contributed by atoms with Crippen LogP contribution < -0.4 is 38.9 Å². The third-order valence-electron chi connectivity index (χ3n) is 4.05. The lowest BCUT2D eigenvalue weighted by Gasteiger charge is -2.21.